The van der Waals surface area contributed by atoms with Gasteiger partial charge in [-0.3, -0.25) is 4.79 Å². The molecule has 1 aliphatic rings. The third-order valence-corrected chi connectivity index (χ3v) is 3.80. The zero-order valence-corrected chi connectivity index (χ0v) is 10.8. The first-order valence-corrected chi connectivity index (χ1v) is 6.50. The van der Waals surface area contributed by atoms with E-state index in [2.05, 4.69) is 0 Å². The molecule has 5 nitrogen and oxygen atoms in total. The molecule has 0 fully saturated rings. The minimum absolute atomic E-state index is 0.179. The second kappa shape index (κ2) is 5.81. The lowest BCUT2D eigenvalue weighted by molar-refractivity contribution is -0.139. The van der Waals surface area contributed by atoms with E-state index in [1.54, 1.807) is 0 Å². The molecule has 2 rings (SSSR count). The Balaban J connectivity index is 2.18. The Kier molecular flexibility index (Phi) is 4.30. The summed E-state index contributed by atoms with van der Waals surface area (Å²) in [7, 11) is -1.40. The predicted molar refractivity (Wildman–Crippen MR) is 69.9 cm³/mol. The van der Waals surface area contributed by atoms with Gasteiger partial charge in [0.2, 0.25) is 0 Å². The van der Waals surface area contributed by atoms with Gasteiger partial charge >= 0.3 is 13.1 Å². The van der Waals surface area contributed by atoms with Crippen LogP contribution in [0.15, 0.2) is 12.1 Å². The minimum atomic E-state index is -1.40. The number of hydrogen-bond acceptors (Lipinski definition) is 4. The van der Waals surface area contributed by atoms with Crippen LogP contribution in [-0.2, 0) is 11.2 Å². The fourth-order valence-electron chi connectivity index (χ4n) is 2.91. The van der Waals surface area contributed by atoms with Gasteiger partial charge in [-0.15, -0.1) is 0 Å². The molecule has 0 saturated carbocycles. The maximum absolute atomic E-state index is 13.3. The highest BCUT2D eigenvalue weighted by Crippen LogP contribution is 2.42. The fourth-order valence-corrected chi connectivity index (χ4v) is 2.91. The number of halogens is 1. The van der Waals surface area contributed by atoms with Gasteiger partial charge in [-0.2, -0.15) is 0 Å². The largest absolute Gasteiger partial charge is 0.505 e. The summed E-state index contributed by atoms with van der Waals surface area (Å²) in [5.41, 5.74) is 1.05. The van der Waals surface area contributed by atoms with E-state index in [1.807, 2.05) is 0 Å². The number of carbonyl (C=O) groups is 1. The Morgan fingerprint density at radius 2 is 2.10 bits per heavy atom. The molecule has 20 heavy (non-hydrogen) atoms. The van der Waals surface area contributed by atoms with Crippen molar-refractivity contribution in [3.63, 3.8) is 0 Å². The number of phenols is 1. The SMILES string of the molecule is O=C(O)[C@@H]1c2cc(O)c(F)cc2CC1CCCB(O)O. The lowest BCUT2D eigenvalue weighted by Gasteiger charge is -2.16. The van der Waals surface area contributed by atoms with Crippen molar-refractivity contribution in [3.8, 4) is 5.75 Å². The van der Waals surface area contributed by atoms with Crippen LogP contribution in [0.4, 0.5) is 4.39 Å². The van der Waals surface area contributed by atoms with Gasteiger partial charge in [0.25, 0.3) is 0 Å². The molecule has 108 valence electrons. The maximum Gasteiger partial charge on any atom is 0.451 e. The molecule has 0 saturated heterocycles. The van der Waals surface area contributed by atoms with Crippen LogP contribution in [0.3, 0.4) is 0 Å². The summed E-state index contributed by atoms with van der Waals surface area (Å²) < 4.78 is 13.3. The zero-order valence-electron chi connectivity index (χ0n) is 10.8. The smallest absolute Gasteiger partial charge is 0.451 e. The molecule has 0 spiro atoms. The number of phenolic OH excluding ortho intramolecular Hbond substituents is 1. The number of carboxylic acids is 1. The minimum Gasteiger partial charge on any atom is -0.505 e. The van der Waals surface area contributed by atoms with Crippen LogP contribution in [0.1, 0.15) is 29.9 Å². The van der Waals surface area contributed by atoms with Crippen molar-refractivity contribution in [1.29, 1.82) is 0 Å². The van der Waals surface area contributed by atoms with Crippen molar-refractivity contribution in [3.05, 3.63) is 29.1 Å². The second-order valence-electron chi connectivity index (χ2n) is 5.19. The molecule has 2 atom stereocenters. The molecular formula is C13H16BFO5. The van der Waals surface area contributed by atoms with Gasteiger partial charge in [0.05, 0.1) is 5.92 Å². The standard InChI is InChI=1S/C13H16BFO5/c15-10-5-8-4-7(2-1-3-14(19)20)12(13(17)18)9(8)6-11(10)16/h5-7,12,16,19-20H,1-4H2,(H,17,18)/t7?,12-/m0/s1. The van der Waals surface area contributed by atoms with E-state index in [4.69, 9.17) is 10.0 Å². The fraction of sp³-hybridized carbons (Fsp3) is 0.462. The van der Waals surface area contributed by atoms with E-state index in [9.17, 15) is 19.4 Å². The van der Waals surface area contributed by atoms with Gasteiger partial charge in [-0.1, -0.05) is 6.42 Å². The molecule has 1 unspecified atom stereocenters. The summed E-state index contributed by atoms with van der Waals surface area (Å²) in [5, 5.41) is 36.3. The Bertz CT molecular complexity index is 520. The highest BCUT2D eigenvalue weighted by atomic mass is 19.1. The van der Waals surface area contributed by atoms with Crippen molar-refractivity contribution >= 4 is 13.1 Å². The molecule has 0 aliphatic heterocycles. The summed E-state index contributed by atoms with van der Waals surface area (Å²) >= 11 is 0. The van der Waals surface area contributed by atoms with Crippen molar-refractivity contribution in [2.75, 3.05) is 0 Å². The van der Waals surface area contributed by atoms with E-state index >= 15 is 0 Å². The average Bonchev–Trinajstić information content (AvgIpc) is 2.67. The van der Waals surface area contributed by atoms with Gasteiger partial charge in [-0.25, -0.2) is 4.39 Å². The first kappa shape index (κ1) is 14.8. The third kappa shape index (κ3) is 2.94. The van der Waals surface area contributed by atoms with Gasteiger partial charge in [-0.05, 0) is 48.3 Å². The molecule has 0 bridgehead atoms. The van der Waals surface area contributed by atoms with E-state index in [0.29, 0.717) is 30.4 Å². The molecule has 1 aliphatic carbocycles. The topological polar surface area (TPSA) is 98.0 Å². The summed E-state index contributed by atoms with van der Waals surface area (Å²) in [6.07, 6.45) is 1.59. The molecule has 0 radical (unpaired) electrons. The Morgan fingerprint density at radius 1 is 1.40 bits per heavy atom. The summed E-state index contributed by atoms with van der Waals surface area (Å²) in [6.45, 7) is 0. The Morgan fingerprint density at radius 3 is 2.70 bits per heavy atom. The molecule has 7 heteroatoms. The molecule has 0 heterocycles. The van der Waals surface area contributed by atoms with Crippen LogP contribution in [0.25, 0.3) is 0 Å². The summed E-state index contributed by atoms with van der Waals surface area (Å²) in [4.78, 5) is 11.4. The predicted octanol–water partition coefficient (Wildman–Crippen LogP) is 1.12. The maximum atomic E-state index is 13.3. The van der Waals surface area contributed by atoms with E-state index in [0.717, 1.165) is 0 Å². The lowest BCUT2D eigenvalue weighted by atomic mass is 9.80. The van der Waals surface area contributed by atoms with Gasteiger partial charge < -0.3 is 20.3 Å². The first-order chi connectivity index (χ1) is 9.40. The molecule has 0 aromatic heterocycles. The molecular weight excluding hydrogens is 266 g/mol. The zero-order chi connectivity index (χ0) is 14.9. The van der Waals surface area contributed by atoms with Crippen LogP contribution in [0.5, 0.6) is 5.75 Å². The second-order valence-corrected chi connectivity index (χ2v) is 5.19. The lowest BCUT2D eigenvalue weighted by Crippen LogP contribution is -2.18. The van der Waals surface area contributed by atoms with Crippen molar-refractivity contribution in [2.24, 2.45) is 5.92 Å². The third-order valence-electron chi connectivity index (χ3n) is 3.80. The number of hydrogen-bond donors (Lipinski definition) is 4. The van der Waals surface area contributed by atoms with Gasteiger partial charge in [0.1, 0.15) is 0 Å². The van der Waals surface area contributed by atoms with Crippen LogP contribution in [0, 0.1) is 11.7 Å². The highest BCUT2D eigenvalue weighted by molar-refractivity contribution is 6.40. The first-order valence-electron chi connectivity index (χ1n) is 6.50. The van der Waals surface area contributed by atoms with Crippen LogP contribution >= 0.6 is 0 Å². The number of aliphatic carboxylic acids is 1. The number of benzene rings is 1. The quantitative estimate of drug-likeness (QED) is 0.607. The van der Waals surface area contributed by atoms with E-state index < -0.39 is 30.6 Å². The number of rotatable bonds is 5. The van der Waals surface area contributed by atoms with Crippen molar-refractivity contribution in [2.45, 2.75) is 31.5 Å². The summed E-state index contributed by atoms with van der Waals surface area (Å²) in [5.74, 6) is -3.31. The van der Waals surface area contributed by atoms with Crippen LogP contribution in [-0.4, -0.2) is 33.3 Å². The average molecular weight is 282 g/mol. The Hall–Kier alpha value is -1.60. The van der Waals surface area contributed by atoms with Crippen LogP contribution in [0.2, 0.25) is 6.32 Å². The van der Waals surface area contributed by atoms with E-state index in [1.165, 1.54) is 12.1 Å². The summed E-state index contributed by atoms with van der Waals surface area (Å²) in [6, 6.07) is 2.37. The molecule has 1 aromatic carbocycles. The van der Waals surface area contributed by atoms with E-state index in [-0.39, 0.29) is 12.2 Å². The molecule has 4 N–H and O–H groups in total. The number of aromatic hydroxyl groups is 1. The number of fused-ring (bicyclic) bond motifs is 1. The van der Waals surface area contributed by atoms with Crippen molar-refractivity contribution < 1.29 is 29.4 Å². The number of carboxylic acid groups (broad SMARTS) is 1. The highest BCUT2D eigenvalue weighted by Gasteiger charge is 2.38. The van der Waals surface area contributed by atoms with Gasteiger partial charge in [0, 0.05) is 0 Å². The van der Waals surface area contributed by atoms with Gasteiger partial charge in [0.15, 0.2) is 11.6 Å². The van der Waals surface area contributed by atoms with Crippen LogP contribution < -0.4 is 0 Å². The van der Waals surface area contributed by atoms with Crippen molar-refractivity contribution in [1.82, 2.24) is 0 Å². The molecule has 1 aromatic rings. The normalized spacial score (nSPS) is 20.8. The monoisotopic (exact) mass is 282 g/mol. The molecule has 0 amide bonds. The Labute approximate surface area is 115 Å².